The molecule has 0 bridgehead atoms. The van der Waals surface area contributed by atoms with Crippen molar-refractivity contribution in [2.24, 2.45) is 0 Å². The molecule has 5 heteroatoms. The molecule has 0 aliphatic carbocycles. The van der Waals surface area contributed by atoms with Gasteiger partial charge in [0.15, 0.2) is 0 Å². The summed E-state index contributed by atoms with van der Waals surface area (Å²) in [7, 11) is 4.29. The van der Waals surface area contributed by atoms with Crippen molar-refractivity contribution >= 4 is 27.3 Å². The van der Waals surface area contributed by atoms with E-state index in [9.17, 15) is 0 Å². The lowest BCUT2D eigenvalue weighted by molar-refractivity contribution is 0.121. The van der Waals surface area contributed by atoms with Crippen LogP contribution >= 0.6 is 27.3 Å². The van der Waals surface area contributed by atoms with E-state index in [1.807, 2.05) is 11.3 Å². The third-order valence-corrected chi connectivity index (χ3v) is 5.01. The van der Waals surface area contributed by atoms with Gasteiger partial charge in [-0.1, -0.05) is 0 Å². The molecule has 2 heterocycles. The van der Waals surface area contributed by atoms with Crippen LogP contribution in [0.2, 0.25) is 0 Å². The molecule has 0 radical (unpaired) electrons. The van der Waals surface area contributed by atoms with Crippen molar-refractivity contribution < 1.29 is 0 Å². The standard InChI is InChI=1S/C13H22BrN3S/c1-15(2)3-4-16-5-7-17(8-6-16)10-13-9-12(14)11-18-13/h9,11H,3-8,10H2,1-2H3. The largest absolute Gasteiger partial charge is 0.308 e. The molecule has 0 unspecified atom stereocenters. The van der Waals surface area contributed by atoms with Gasteiger partial charge in [0.25, 0.3) is 0 Å². The van der Waals surface area contributed by atoms with Crippen LogP contribution in [0.25, 0.3) is 0 Å². The van der Waals surface area contributed by atoms with Crippen molar-refractivity contribution in [2.75, 3.05) is 53.4 Å². The van der Waals surface area contributed by atoms with Crippen molar-refractivity contribution in [3.8, 4) is 0 Å². The number of piperazine rings is 1. The van der Waals surface area contributed by atoms with Gasteiger partial charge < -0.3 is 4.90 Å². The van der Waals surface area contributed by atoms with Crippen LogP contribution in [0.4, 0.5) is 0 Å². The Morgan fingerprint density at radius 1 is 1.22 bits per heavy atom. The molecule has 1 aromatic heterocycles. The fourth-order valence-corrected chi connectivity index (χ4v) is 3.66. The van der Waals surface area contributed by atoms with Crippen molar-refractivity contribution in [1.82, 2.24) is 14.7 Å². The third kappa shape index (κ3) is 4.63. The highest BCUT2D eigenvalue weighted by Crippen LogP contribution is 2.21. The van der Waals surface area contributed by atoms with Crippen LogP contribution in [0.15, 0.2) is 15.9 Å². The van der Waals surface area contributed by atoms with Crippen molar-refractivity contribution in [2.45, 2.75) is 6.54 Å². The molecule has 0 spiro atoms. The summed E-state index contributed by atoms with van der Waals surface area (Å²) in [4.78, 5) is 8.85. The van der Waals surface area contributed by atoms with Gasteiger partial charge in [-0.2, -0.15) is 0 Å². The third-order valence-electron chi connectivity index (χ3n) is 3.33. The van der Waals surface area contributed by atoms with Crippen LogP contribution in [0.1, 0.15) is 4.88 Å². The van der Waals surface area contributed by atoms with Gasteiger partial charge in [0.05, 0.1) is 0 Å². The molecule has 0 atom stereocenters. The molecule has 2 rings (SSSR count). The molecule has 1 aliphatic rings. The van der Waals surface area contributed by atoms with Gasteiger partial charge in [-0.15, -0.1) is 11.3 Å². The van der Waals surface area contributed by atoms with Gasteiger partial charge in [0.1, 0.15) is 0 Å². The van der Waals surface area contributed by atoms with Crippen LogP contribution in [0, 0.1) is 0 Å². The molecular formula is C13H22BrN3S. The van der Waals surface area contributed by atoms with Crippen molar-refractivity contribution in [3.05, 3.63) is 20.8 Å². The first-order valence-electron chi connectivity index (χ1n) is 6.46. The molecule has 1 aromatic rings. The zero-order valence-electron chi connectivity index (χ0n) is 11.2. The molecule has 3 nitrogen and oxygen atoms in total. The van der Waals surface area contributed by atoms with E-state index in [1.165, 1.54) is 42.1 Å². The van der Waals surface area contributed by atoms with E-state index in [4.69, 9.17) is 0 Å². The van der Waals surface area contributed by atoms with Crippen LogP contribution < -0.4 is 0 Å². The first kappa shape index (κ1) is 14.5. The Morgan fingerprint density at radius 3 is 2.44 bits per heavy atom. The Bertz CT molecular complexity index is 359. The first-order chi connectivity index (χ1) is 8.63. The number of halogens is 1. The van der Waals surface area contributed by atoms with Gasteiger partial charge in [0.2, 0.25) is 0 Å². The lowest BCUT2D eigenvalue weighted by Gasteiger charge is -2.34. The monoisotopic (exact) mass is 331 g/mol. The molecule has 102 valence electrons. The highest BCUT2D eigenvalue weighted by molar-refractivity contribution is 9.10. The van der Waals surface area contributed by atoms with Gasteiger partial charge in [-0.25, -0.2) is 0 Å². The van der Waals surface area contributed by atoms with E-state index in [-0.39, 0.29) is 0 Å². The van der Waals surface area contributed by atoms with Crippen molar-refractivity contribution in [1.29, 1.82) is 0 Å². The van der Waals surface area contributed by atoms with Gasteiger partial charge in [-0.05, 0) is 36.1 Å². The number of thiophene rings is 1. The molecule has 1 fully saturated rings. The Kier molecular flexibility index (Phi) is 5.63. The predicted octanol–water partition coefficient (Wildman–Crippen LogP) is 2.19. The molecule has 18 heavy (non-hydrogen) atoms. The quantitative estimate of drug-likeness (QED) is 0.818. The normalized spacial score (nSPS) is 18.7. The maximum absolute atomic E-state index is 3.52. The number of hydrogen-bond acceptors (Lipinski definition) is 4. The number of nitrogens with zero attached hydrogens (tertiary/aromatic N) is 3. The summed E-state index contributed by atoms with van der Waals surface area (Å²) in [5, 5.41) is 2.17. The minimum atomic E-state index is 1.11. The minimum absolute atomic E-state index is 1.11. The maximum Gasteiger partial charge on any atom is 0.0329 e. The Morgan fingerprint density at radius 2 is 1.89 bits per heavy atom. The van der Waals surface area contributed by atoms with Crippen LogP contribution in [-0.2, 0) is 6.54 Å². The predicted molar refractivity (Wildman–Crippen MR) is 82.3 cm³/mol. The molecule has 0 saturated carbocycles. The second-order valence-corrected chi connectivity index (χ2v) is 7.06. The average Bonchev–Trinajstić information content (AvgIpc) is 2.74. The van der Waals surface area contributed by atoms with Gasteiger partial charge in [0, 0.05) is 60.5 Å². The zero-order valence-corrected chi connectivity index (χ0v) is 13.6. The van der Waals surface area contributed by atoms with E-state index < -0.39 is 0 Å². The molecule has 1 aliphatic heterocycles. The first-order valence-corrected chi connectivity index (χ1v) is 8.13. The molecular weight excluding hydrogens is 310 g/mol. The highest BCUT2D eigenvalue weighted by atomic mass is 79.9. The van der Waals surface area contributed by atoms with Gasteiger partial charge in [-0.3, -0.25) is 9.80 Å². The topological polar surface area (TPSA) is 9.72 Å². The number of likely N-dealkylation sites (N-methyl/N-ethyl adjacent to an activating group) is 1. The fourth-order valence-electron chi connectivity index (χ4n) is 2.17. The van der Waals surface area contributed by atoms with E-state index in [1.54, 1.807) is 0 Å². The van der Waals surface area contributed by atoms with E-state index in [0.717, 1.165) is 13.1 Å². The van der Waals surface area contributed by atoms with Crippen molar-refractivity contribution in [3.63, 3.8) is 0 Å². The Hall–Kier alpha value is 0.0600. The van der Waals surface area contributed by atoms with E-state index in [0.29, 0.717) is 0 Å². The smallest absolute Gasteiger partial charge is 0.0329 e. The van der Waals surface area contributed by atoms with Crippen LogP contribution in [-0.4, -0.2) is 68.1 Å². The zero-order chi connectivity index (χ0) is 13.0. The molecule has 0 aromatic carbocycles. The van der Waals surface area contributed by atoms with Crippen LogP contribution in [0.5, 0.6) is 0 Å². The Labute approximate surface area is 122 Å². The highest BCUT2D eigenvalue weighted by Gasteiger charge is 2.17. The second-order valence-electron chi connectivity index (χ2n) is 5.15. The molecule has 0 N–H and O–H groups in total. The summed E-state index contributed by atoms with van der Waals surface area (Å²) in [5.74, 6) is 0. The van der Waals surface area contributed by atoms with E-state index in [2.05, 4.69) is 56.2 Å². The second kappa shape index (κ2) is 7.01. The summed E-state index contributed by atoms with van der Waals surface area (Å²) in [6, 6.07) is 2.24. The summed E-state index contributed by atoms with van der Waals surface area (Å²) < 4.78 is 1.21. The number of hydrogen-bond donors (Lipinski definition) is 0. The minimum Gasteiger partial charge on any atom is -0.308 e. The summed E-state index contributed by atoms with van der Waals surface area (Å²) in [5.41, 5.74) is 0. The lowest BCUT2D eigenvalue weighted by Crippen LogP contribution is -2.47. The maximum atomic E-state index is 3.52. The summed E-state index contributed by atoms with van der Waals surface area (Å²) >= 11 is 5.37. The fraction of sp³-hybridized carbons (Fsp3) is 0.692. The van der Waals surface area contributed by atoms with E-state index >= 15 is 0 Å². The SMILES string of the molecule is CN(C)CCN1CCN(Cc2cc(Br)cs2)CC1. The molecule has 0 amide bonds. The average molecular weight is 332 g/mol. The summed E-state index contributed by atoms with van der Waals surface area (Å²) in [6.07, 6.45) is 0. The van der Waals surface area contributed by atoms with Crippen LogP contribution in [0.3, 0.4) is 0 Å². The Balaban J connectivity index is 1.70. The van der Waals surface area contributed by atoms with Gasteiger partial charge >= 0.3 is 0 Å². The number of rotatable bonds is 5. The lowest BCUT2D eigenvalue weighted by atomic mass is 10.3. The molecule has 1 saturated heterocycles. The summed E-state index contributed by atoms with van der Waals surface area (Å²) in [6.45, 7) is 8.29.